The third-order valence-corrected chi connectivity index (χ3v) is 7.49. The average molecular weight is 391 g/mol. The Bertz CT molecular complexity index is 799. The summed E-state index contributed by atoms with van der Waals surface area (Å²) >= 11 is 3.27. The Morgan fingerprint density at radius 2 is 1.73 bits per heavy atom. The van der Waals surface area contributed by atoms with Crippen molar-refractivity contribution in [3.05, 3.63) is 58.0 Å². The number of piperidine rings is 1. The first kappa shape index (κ1) is 17.5. The van der Waals surface area contributed by atoms with Crippen molar-refractivity contribution in [2.75, 3.05) is 25.4 Å². The Kier molecular flexibility index (Phi) is 4.75. The van der Waals surface area contributed by atoms with Crippen LogP contribution in [0.1, 0.15) is 32.9 Å². The van der Waals surface area contributed by atoms with Crippen LogP contribution in [0.2, 0.25) is 0 Å². The van der Waals surface area contributed by atoms with Crippen molar-refractivity contribution in [2.24, 2.45) is 0 Å². The van der Waals surface area contributed by atoms with Gasteiger partial charge in [-0.25, -0.2) is 4.39 Å². The zero-order chi connectivity index (χ0) is 18.1. The fraction of sp³-hybridized carbons (Fsp3) is 0.368. The highest BCUT2D eigenvalue weighted by Gasteiger charge is 2.47. The van der Waals surface area contributed by atoms with Crippen molar-refractivity contribution < 1.29 is 14.0 Å². The molecule has 0 unspecified atom stereocenters. The van der Waals surface area contributed by atoms with Gasteiger partial charge in [-0.2, -0.15) is 0 Å². The predicted octanol–water partition coefficient (Wildman–Crippen LogP) is 3.71. The van der Waals surface area contributed by atoms with Gasteiger partial charge in [-0.15, -0.1) is 23.1 Å². The molecule has 0 bridgehead atoms. The van der Waals surface area contributed by atoms with E-state index in [1.54, 1.807) is 23.9 Å². The van der Waals surface area contributed by atoms with Crippen LogP contribution in [0.15, 0.2) is 41.8 Å². The number of thioether (sulfide) groups is 1. The van der Waals surface area contributed by atoms with E-state index in [0.717, 1.165) is 23.5 Å². The molecule has 1 spiro atoms. The molecule has 1 aromatic carbocycles. The molecule has 0 N–H and O–H groups in total. The summed E-state index contributed by atoms with van der Waals surface area (Å²) in [6.45, 7) is 1.99. The molecule has 4 nitrogen and oxygen atoms in total. The largest absolute Gasteiger partial charge is 0.338 e. The van der Waals surface area contributed by atoms with Crippen molar-refractivity contribution in [2.45, 2.75) is 17.7 Å². The molecule has 4 rings (SSSR count). The maximum atomic E-state index is 13.1. The molecule has 26 heavy (non-hydrogen) atoms. The highest BCUT2D eigenvalue weighted by atomic mass is 32.2. The summed E-state index contributed by atoms with van der Waals surface area (Å²) in [7, 11) is 0. The number of nitrogens with zero attached hydrogens (tertiary/aromatic N) is 2. The van der Waals surface area contributed by atoms with E-state index in [-0.39, 0.29) is 22.5 Å². The van der Waals surface area contributed by atoms with E-state index in [0.29, 0.717) is 25.2 Å². The Morgan fingerprint density at radius 1 is 1.00 bits per heavy atom. The summed E-state index contributed by atoms with van der Waals surface area (Å²) in [4.78, 5) is 29.8. The molecule has 3 heterocycles. The summed E-state index contributed by atoms with van der Waals surface area (Å²) in [5.41, 5.74) is 0.519. The minimum atomic E-state index is -0.340. The first-order valence-electron chi connectivity index (χ1n) is 8.63. The molecule has 136 valence electrons. The number of amides is 2. The molecule has 2 fully saturated rings. The minimum absolute atomic E-state index is 0.0481. The maximum absolute atomic E-state index is 13.1. The number of carbonyl (C=O) groups excluding carboxylic acids is 2. The van der Waals surface area contributed by atoms with Crippen LogP contribution in [-0.2, 0) is 0 Å². The molecular weight excluding hydrogens is 371 g/mol. The van der Waals surface area contributed by atoms with Gasteiger partial charge in [-0.05, 0) is 48.6 Å². The van der Waals surface area contributed by atoms with Crippen molar-refractivity contribution in [1.82, 2.24) is 9.80 Å². The van der Waals surface area contributed by atoms with Crippen LogP contribution in [0.25, 0.3) is 0 Å². The lowest BCUT2D eigenvalue weighted by Crippen LogP contribution is -2.53. The fourth-order valence-corrected chi connectivity index (χ4v) is 5.82. The van der Waals surface area contributed by atoms with E-state index < -0.39 is 0 Å². The zero-order valence-electron chi connectivity index (χ0n) is 14.2. The lowest BCUT2D eigenvalue weighted by atomic mass is 10.0. The summed E-state index contributed by atoms with van der Waals surface area (Å²) in [5, 5.41) is 1.91. The third-order valence-electron chi connectivity index (χ3n) is 5.08. The molecular formula is C19H19FN2O2S2. The number of benzene rings is 1. The summed E-state index contributed by atoms with van der Waals surface area (Å²) < 4.78 is 13.1. The van der Waals surface area contributed by atoms with Crippen molar-refractivity contribution in [1.29, 1.82) is 0 Å². The molecule has 0 atom stereocenters. The number of halogens is 1. The van der Waals surface area contributed by atoms with E-state index in [1.807, 2.05) is 27.3 Å². The van der Waals surface area contributed by atoms with Gasteiger partial charge < -0.3 is 9.80 Å². The van der Waals surface area contributed by atoms with E-state index in [1.165, 1.54) is 23.5 Å². The fourth-order valence-electron chi connectivity index (χ4n) is 3.67. The molecule has 2 saturated heterocycles. The number of likely N-dealkylation sites (tertiary alicyclic amines) is 1. The third kappa shape index (κ3) is 3.14. The smallest absolute Gasteiger partial charge is 0.263 e. The van der Waals surface area contributed by atoms with Crippen LogP contribution in [0.4, 0.5) is 4.39 Å². The van der Waals surface area contributed by atoms with Crippen LogP contribution in [0, 0.1) is 5.82 Å². The van der Waals surface area contributed by atoms with Crippen LogP contribution in [-0.4, -0.2) is 51.9 Å². The van der Waals surface area contributed by atoms with Gasteiger partial charge in [0.15, 0.2) is 0 Å². The maximum Gasteiger partial charge on any atom is 0.263 e. The van der Waals surface area contributed by atoms with Gasteiger partial charge in [-0.3, -0.25) is 9.59 Å². The summed E-state index contributed by atoms with van der Waals surface area (Å²) in [5.74, 6) is 0.584. The molecule has 1 aromatic heterocycles. The highest BCUT2D eigenvalue weighted by Crippen LogP contribution is 2.44. The van der Waals surface area contributed by atoms with Gasteiger partial charge in [0.1, 0.15) is 5.82 Å². The van der Waals surface area contributed by atoms with Crippen molar-refractivity contribution in [3.8, 4) is 0 Å². The van der Waals surface area contributed by atoms with Gasteiger partial charge >= 0.3 is 0 Å². The monoisotopic (exact) mass is 390 g/mol. The number of hydrogen-bond acceptors (Lipinski definition) is 4. The predicted molar refractivity (Wildman–Crippen MR) is 102 cm³/mol. The molecule has 0 saturated carbocycles. The Labute approximate surface area is 160 Å². The van der Waals surface area contributed by atoms with Gasteiger partial charge in [0.05, 0.1) is 9.75 Å². The number of thiophene rings is 1. The number of carbonyl (C=O) groups is 2. The summed E-state index contributed by atoms with van der Waals surface area (Å²) in [6.07, 6.45) is 1.53. The van der Waals surface area contributed by atoms with E-state index in [4.69, 9.17) is 0 Å². The first-order chi connectivity index (χ1) is 12.6. The van der Waals surface area contributed by atoms with Gasteiger partial charge in [-0.1, -0.05) is 6.07 Å². The zero-order valence-corrected chi connectivity index (χ0v) is 15.8. The second-order valence-electron chi connectivity index (χ2n) is 6.53. The van der Waals surface area contributed by atoms with Crippen LogP contribution in [0.5, 0.6) is 0 Å². The second-order valence-corrected chi connectivity index (χ2v) is 8.93. The molecule has 2 aliphatic rings. The SMILES string of the molecule is O=C(c1cccs1)N1CCC2(CC1)SCCN2C(=O)c1ccc(F)cc1. The topological polar surface area (TPSA) is 40.6 Å². The standard InChI is InChI=1S/C19H19FN2O2S2/c20-15-5-3-14(4-6-15)17(23)22-11-13-26-19(22)7-9-21(10-8-19)18(24)16-2-1-12-25-16/h1-6,12H,7-11,13H2. The highest BCUT2D eigenvalue weighted by molar-refractivity contribution is 8.00. The molecule has 2 aromatic rings. The molecule has 0 aliphatic carbocycles. The number of hydrogen-bond donors (Lipinski definition) is 0. The normalized spacial score (nSPS) is 19.1. The van der Waals surface area contributed by atoms with Gasteiger partial charge in [0, 0.05) is 31.0 Å². The van der Waals surface area contributed by atoms with Crippen LogP contribution < -0.4 is 0 Å². The van der Waals surface area contributed by atoms with Crippen LogP contribution >= 0.6 is 23.1 Å². The summed E-state index contributed by atoms with van der Waals surface area (Å²) in [6, 6.07) is 9.48. The minimum Gasteiger partial charge on any atom is -0.338 e. The quantitative estimate of drug-likeness (QED) is 0.785. The van der Waals surface area contributed by atoms with Gasteiger partial charge in [0.2, 0.25) is 0 Å². The van der Waals surface area contributed by atoms with Crippen LogP contribution in [0.3, 0.4) is 0 Å². The Balaban J connectivity index is 1.47. The Hall–Kier alpha value is -1.86. The molecule has 0 radical (unpaired) electrons. The lowest BCUT2D eigenvalue weighted by molar-refractivity contribution is 0.0500. The van der Waals surface area contributed by atoms with E-state index >= 15 is 0 Å². The second kappa shape index (κ2) is 7.04. The molecule has 2 aliphatic heterocycles. The molecule has 2 amide bonds. The van der Waals surface area contributed by atoms with E-state index in [9.17, 15) is 14.0 Å². The van der Waals surface area contributed by atoms with E-state index in [2.05, 4.69) is 0 Å². The average Bonchev–Trinajstić information content (AvgIpc) is 3.32. The lowest BCUT2D eigenvalue weighted by Gasteiger charge is -2.44. The Morgan fingerprint density at radius 3 is 2.38 bits per heavy atom. The molecule has 7 heteroatoms. The number of rotatable bonds is 2. The first-order valence-corrected chi connectivity index (χ1v) is 10.5. The van der Waals surface area contributed by atoms with Crippen molar-refractivity contribution >= 4 is 34.9 Å². The van der Waals surface area contributed by atoms with Gasteiger partial charge in [0.25, 0.3) is 11.8 Å². The van der Waals surface area contributed by atoms with Crippen molar-refractivity contribution in [3.63, 3.8) is 0 Å².